The van der Waals surface area contributed by atoms with Gasteiger partial charge in [-0.25, -0.2) is 19.6 Å². The number of methoxy groups -OCH3 is 2. The molecule has 0 spiro atoms. The molecule has 4 aromatic carbocycles. The standard InChI is InChI=1S/C55H66N8O6/c1-8-31(3)48(60-54(66)68-6)52(64)62-24-10-12-46(62)50-56-42-22-20-38(29-44(42)58-50)40-27-34-14-16-35-18-19-36(33(5)26-37(40)17-15-34)28-41(35)39-21-23-43-45(30-39)59-51(57-43)47-13-11-25-63(47)53(65)49(32(4)9-2)61-55(67)69-7/h15,17-23,27-33,46-49H,8-14,16,24-26H2,1-7H3,(H,56,58)(H,57,59)(H,60,66)(H,61,67)/t31-,32-,33+,46-,47-,48-,49-/m0/s1. The van der Waals surface area contributed by atoms with E-state index >= 15 is 0 Å². The van der Waals surface area contributed by atoms with E-state index in [-0.39, 0.29) is 41.7 Å². The van der Waals surface area contributed by atoms with Crippen LogP contribution < -0.4 is 10.6 Å². The normalized spacial score (nSPS) is 19.8. The largest absolute Gasteiger partial charge is 0.453 e. The predicted molar refractivity (Wildman–Crippen MR) is 268 cm³/mol. The van der Waals surface area contributed by atoms with Crippen LogP contribution in [0.15, 0.2) is 72.8 Å². The van der Waals surface area contributed by atoms with Crippen molar-refractivity contribution in [2.75, 3.05) is 27.3 Å². The van der Waals surface area contributed by atoms with Crippen molar-refractivity contribution in [1.82, 2.24) is 40.4 Å². The van der Waals surface area contributed by atoms with Crippen molar-refractivity contribution in [3.8, 4) is 22.3 Å². The van der Waals surface area contributed by atoms with E-state index in [0.29, 0.717) is 13.1 Å². The van der Waals surface area contributed by atoms with Gasteiger partial charge in [0.1, 0.15) is 23.7 Å². The molecule has 4 N–H and O–H groups in total. The highest BCUT2D eigenvalue weighted by atomic mass is 16.5. The van der Waals surface area contributed by atoms with Gasteiger partial charge in [-0.15, -0.1) is 0 Å². The summed E-state index contributed by atoms with van der Waals surface area (Å²) in [6.45, 7) is 11.5. The van der Waals surface area contributed by atoms with Crippen LogP contribution in [-0.4, -0.2) is 93.1 Å². The minimum Gasteiger partial charge on any atom is -0.453 e. The van der Waals surface area contributed by atoms with Gasteiger partial charge in [-0.05, 0) is 131 Å². The maximum absolute atomic E-state index is 14.0. The highest BCUT2D eigenvalue weighted by molar-refractivity contribution is 5.89. The van der Waals surface area contributed by atoms with E-state index < -0.39 is 24.3 Å². The van der Waals surface area contributed by atoms with Gasteiger partial charge in [-0.3, -0.25) is 9.59 Å². The summed E-state index contributed by atoms with van der Waals surface area (Å²) in [4.78, 5) is 73.5. The molecule has 4 bridgehead atoms. The second kappa shape index (κ2) is 20.1. The molecule has 2 fully saturated rings. The lowest BCUT2D eigenvalue weighted by atomic mass is 9.84. The van der Waals surface area contributed by atoms with E-state index in [1.165, 1.54) is 47.6 Å². The molecule has 14 heteroatoms. The number of ether oxygens (including phenoxy) is 2. The summed E-state index contributed by atoms with van der Waals surface area (Å²) in [6, 6.07) is 25.0. The smallest absolute Gasteiger partial charge is 0.407 e. The van der Waals surface area contributed by atoms with E-state index in [2.05, 4.69) is 100 Å². The Morgan fingerprint density at radius 1 is 0.667 bits per heavy atom. The number of carbonyl (C=O) groups excluding carboxylic acids is 4. The molecule has 12 rings (SSSR count). The molecule has 2 saturated heterocycles. The third-order valence-electron chi connectivity index (χ3n) is 15.3. The van der Waals surface area contributed by atoms with Crippen LogP contribution in [0.4, 0.5) is 9.59 Å². The Labute approximate surface area is 404 Å². The lowest BCUT2D eigenvalue weighted by Gasteiger charge is -2.30. The number of aromatic amines is 2. The highest BCUT2D eigenvalue weighted by Crippen LogP contribution is 2.39. The van der Waals surface area contributed by atoms with Crippen molar-refractivity contribution in [1.29, 1.82) is 0 Å². The summed E-state index contributed by atoms with van der Waals surface area (Å²) in [5, 5.41) is 5.59. The summed E-state index contributed by atoms with van der Waals surface area (Å²) >= 11 is 0. The predicted octanol–water partition coefficient (Wildman–Crippen LogP) is 10.1. The number of fused-ring (bicyclic) bond motifs is 2. The first-order valence-electron chi connectivity index (χ1n) is 24.9. The zero-order valence-corrected chi connectivity index (χ0v) is 41.0. The van der Waals surface area contributed by atoms with Crippen LogP contribution in [0.1, 0.15) is 125 Å². The number of aryl methyl sites for hydroxylation is 2. The van der Waals surface area contributed by atoms with E-state index in [0.717, 1.165) is 103 Å². The van der Waals surface area contributed by atoms with Crippen molar-refractivity contribution in [3.63, 3.8) is 0 Å². The average molecular weight is 935 g/mol. The molecule has 0 unspecified atom stereocenters. The van der Waals surface area contributed by atoms with E-state index in [9.17, 15) is 19.2 Å². The number of amides is 4. The monoisotopic (exact) mass is 935 g/mol. The molecule has 362 valence electrons. The van der Waals surface area contributed by atoms with Crippen molar-refractivity contribution >= 4 is 46.1 Å². The van der Waals surface area contributed by atoms with Crippen LogP contribution in [0.25, 0.3) is 44.3 Å². The number of rotatable bonds is 12. The second-order valence-electron chi connectivity index (χ2n) is 19.6. The van der Waals surface area contributed by atoms with Crippen LogP contribution >= 0.6 is 0 Å². The minimum absolute atomic E-state index is 0.0597. The fourth-order valence-corrected chi connectivity index (χ4v) is 10.8. The first-order valence-corrected chi connectivity index (χ1v) is 24.9. The van der Waals surface area contributed by atoms with E-state index in [1.807, 2.05) is 37.5 Å². The number of alkyl carbamates (subject to hydrolysis) is 2. The number of nitrogens with one attached hydrogen (secondary N) is 4. The second-order valence-corrected chi connectivity index (χ2v) is 19.6. The molecule has 6 aliphatic rings. The topological polar surface area (TPSA) is 175 Å². The van der Waals surface area contributed by atoms with Gasteiger partial charge in [-0.2, -0.15) is 0 Å². The van der Waals surface area contributed by atoms with E-state index in [1.54, 1.807) is 0 Å². The first-order chi connectivity index (χ1) is 33.4. The third kappa shape index (κ3) is 9.54. The Bertz CT molecular complexity index is 2890. The molecule has 0 radical (unpaired) electrons. The number of hydrogen-bond acceptors (Lipinski definition) is 8. The van der Waals surface area contributed by atoms with Gasteiger partial charge in [0.25, 0.3) is 0 Å². The van der Waals surface area contributed by atoms with Crippen molar-refractivity contribution in [2.24, 2.45) is 11.8 Å². The van der Waals surface area contributed by atoms with Crippen LogP contribution in [0.3, 0.4) is 0 Å². The van der Waals surface area contributed by atoms with Crippen LogP contribution in [0.2, 0.25) is 0 Å². The molecule has 2 aliphatic heterocycles. The summed E-state index contributed by atoms with van der Waals surface area (Å²) < 4.78 is 9.74. The number of likely N-dealkylation sites (tertiary alicyclic amines) is 2. The van der Waals surface area contributed by atoms with Gasteiger partial charge < -0.3 is 39.9 Å². The van der Waals surface area contributed by atoms with E-state index in [4.69, 9.17) is 19.4 Å². The van der Waals surface area contributed by atoms with Crippen molar-refractivity contribution < 1.29 is 28.7 Å². The molecular formula is C55H66N8O6. The fraction of sp³-hybridized carbons (Fsp3) is 0.455. The lowest BCUT2D eigenvalue weighted by molar-refractivity contribution is -0.136. The summed E-state index contributed by atoms with van der Waals surface area (Å²) in [5.74, 6) is 1.41. The number of H-pyrrole nitrogens is 2. The van der Waals surface area contributed by atoms with Crippen LogP contribution in [0.5, 0.6) is 0 Å². The summed E-state index contributed by atoms with van der Waals surface area (Å²) in [6.07, 6.45) is 6.12. The molecule has 7 atom stereocenters. The summed E-state index contributed by atoms with van der Waals surface area (Å²) in [5.41, 5.74) is 13.3. The number of benzene rings is 4. The van der Waals surface area contributed by atoms with Gasteiger partial charge in [0.2, 0.25) is 11.8 Å². The molecule has 4 amide bonds. The molecule has 2 aromatic heterocycles. The molecule has 4 heterocycles. The van der Waals surface area contributed by atoms with Gasteiger partial charge in [0.05, 0.1) is 48.4 Å². The molecule has 14 nitrogen and oxygen atoms in total. The lowest BCUT2D eigenvalue weighted by Crippen LogP contribution is -2.51. The first kappa shape index (κ1) is 47.4. The van der Waals surface area contributed by atoms with Gasteiger partial charge in [0, 0.05) is 13.1 Å². The quantitative estimate of drug-likeness (QED) is 0.0938. The number of imidazole rings is 2. The number of hydrogen-bond donors (Lipinski definition) is 4. The average Bonchev–Trinajstić information content (AvgIpc) is 4.21. The Morgan fingerprint density at radius 3 is 1.68 bits per heavy atom. The zero-order chi connectivity index (χ0) is 48.5. The molecule has 69 heavy (non-hydrogen) atoms. The maximum Gasteiger partial charge on any atom is 0.407 e. The molecule has 4 aliphatic carbocycles. The Morgan fingerprint density at radius 2 is 1.17 bits per heavy atom. The SMILES string of the molecule is CC[C@H](C)[C@H](NC(=O)OC)C(=O)N1CCC[C@H]1c1nc2ccc(-c3cc4ccc3CCc3ccc(c(-c5ccc6nc([C@@H]7CCCN7C(=O)[C@@H](NC(=O)OC)[C@@H](C)CC)[nH]c6c5)c3)C[C@H]4C)cc2[nH]1. The zero-order valence-electron chi connectivity index (χ0n) is 41.0. The van der Waals surface area contributed by atoms with Gasteiger partial charge in [0.15, 0.2) is 0 Å². The molecular weight excluding hydrogens is 869 g/mol. The summed E-state index contributed by atoms with van der Waals surface area (Å²) in [7, 11) is 2.63. The highest BCUT2D eigenvalue weighted by Gasteiger charge is 2.40. The molecule has 0 saturated carbocycles. The Balaban J connectivity index is 0.956. The van der Waals surface area contributed by atoms with Gasteiger partial charge in [-0.1, -0.05) is 96.0 Å². The number of carbonyl (C=O) groups is 4. The molecule has 6 aromatic rings. The number of aromatic nitrogens is 4. The Kier molecular flexibility index (Phi) is 13.8. The van der Waals surface area contributed by atoms with Crippen molar-refractivity contribution in [3.05, 3.63) is 107 Å². The van der Waals surface area contributed by atoms with Crippen molar-refractivity contribution in [2.45, 2.75) is 122 Å². The maximum atomic E-state index is 14.0. The Hall–Kier alpha value is -6.70. The van der Waals surface area contributed by atoms with Crippen LogP contribution in [0, 0.1) is 11.8 Å². The van der Waals surface area contributed by atoms with Crippen LogP contribution in [-0.2, 0) is 38.3 Å². The van der Waals surface area contributed by atoms with Gasteiger partial charge >= 0.3 is 12.2 Å². The number of nitrogens with zero attached hydrogens (tertiary/aromatic N) is 4. The fourth-order valence-electron chi connectivity index (χ4n) is 10.8. The minimum atomic E-state index is -0.680. The third-order valence-corrected chi connectivity index (χ3v) is 15.3.